The van der Waals surface area contributed by atoms with Crippen molar-refractivity contribution in [1.29, 1.82) is 0 Å². The summed E-state index contributed by atoms with van der Waals surface area (Å²) in [6, 6.07) is 14.2. The second-order valence-corrected chi connectivity index (χ2v) is 5.51. The van der Waals surface area contributed by atoms with E-state index in [0.29, 0.717) is 11.5 Å². The van der Waals surface area contributed by atoms with Crippen molar-refractivity contribution >= 4 is 43.9 Å². The Balaban J connectivity index is 2.12. The molecule has 100 valence electrons. The molecule has 0 amide bonds. The maximum atomic E-state index is 6.07. The van der Waals surface area contributed by atoms with Gasteiger partial charge in [0.25, 0.3) is 0 Å². The van der Waals surface area contributed by atoms with E-state index in [1.165, 1.54) is 0 Å². The lowest BCUT2D eigenvalue weighted by Gasteiger charge is -2.13. The Kier molecular flexibility index (Phi) is 3.32. The SMILES string of the molecule is Cc1ccnc(Nc2ccc(Br)c3ccccc23)c1N. The van der Waals surface area contributed by atoms with Crippen molar-refractivity contribution in [3.8, 4) is 0 Å². The average Bonchev–Trinajstić information content (AvgIpc) is 2.47. The molecule has 0 fully saturated rings. The zero-order valence-corrected chi connectivity index (χ0v) is 12.6. The predicted molar refractivity (Wildman–Crippen MR) is 88.3 cm³/mol. The van der Waals surface area contributed by atoms with Gasteiger partial charge in [0.15, 0.2) is 5.82 Å². The molecule has 4 heteroatoms. The van der Waals surface area contributed by atoms with Crippen molar-refractivity contribution in [1.82, 2.24) is 4.98 Å². The number of pyridine rings is 1. The molecule has 0 aliphatic carbocycles. The van der Waals surface area contributed by atoms with Crippen LogP contribution >= 0.6 is 15.9 Å². The zero-order valence-electron chi connectivity index (χ0n) is 11.0. The molecule has 0 unspecified atom stereocenters. The number of anilines is 3. The van der Waals surface area contributed by atoms with E-state index in [0.717, 1.165) is 26.5 Å². The van der Waals surface area contributed by atoms with E-state index in [1.807, 2.05) is 37.3 Å². The van der Waals surface area contributed by atoms with E-state index < -0.39 is 0 Å². The van der Waals surface area contributed by atoms with Gasteiger partial charge in [-0.05, 0) is 36.1 Å². The van der Waals surface area contributed by atoms with Crippen LogP contribution in [0.1, 0.15) is 5.56 Å². The Morgan fingerprint density at radius 2 is 1.80 bits per heavy atom. The molecule has 1 heterocycles. The summed E-state index contributed by atoms with van der Waals surface area (Å²) in [6.45, 7) is 1.97. The van der Waals surface area contributed by atoms with Gasteiger partial charge in [-0.1, -0.05) is 40.2 Å². The van der Waals surface area contributed by atoms with Crippen molar-refractivity contribution in [3.05, 3.63) is 58.7 Å². The zero-order chi connectivity index (χ0) is 14.1. The molecule has 1 aromatic heterocycles. The first-order valence-corrected chi connectivity index (χ1v) is 7.11. The van der Waals surface area contributed by atoms with Crippen molar-refractivity contribution in [2.24, 2.45) is 0 Å². The standard InChI is InChI=1S/C16H14BrN3/c1-10-8-9-19-16(15(10)18)20-14-7-6-13(17)11-4-2-3-5-12(11)14/h2-9H,18H2,1H3,(H,19,20). The first-order chi connectivity index (χ1) is 9.66. The van der Waals surface area contributed by atoms with Gasteiger partial charge in [-0.25, -0.2) is 4.98 Å². The minimum atomic E-state index is 0.680. The molecular weight excluding hydrogens is 314 g/mol. The van der Waals surface area contributed by atoms with E-state index in [2.05, 4.69) is 38.4 Å². The van der Waals surface area contributed by atoms with Crippen LogP contribution in [-0.2, 0) is 0 Å². The molecule has 3 nitrogen and oxygen atoms in total. The maximum Gasteiger partial charge on any atom is 0.153 e. The van der Waals surface area contributed by atoms with Crippen molar-refractivity contribution in [2.75, 3.05) is 11.1 Å². The van der Waals surface area contributed by atoms with Gasteiger partial charge in [0.05, 0.1) is 5.69 Å². The van der Waals surface area contributed by atoms with Gasteiger partial charge in [-0.2, -0.15) is 0 Å². The molecule has 0 aliphatic heterocycles. The molecule has 0 saturated heterocycles. The van der Waals surface area contributed by atoms with Crippen LogP contribution in [0.5, 0.6) is 0 Å². The molecule has 3 N–H and O–H groups in total. The quantitative estimate of drug-likeness (QED) is 0.721. The molecule has 3 aromatic rings. The molecule has 0 spiro atoms. The summed E-state index contributed by atoms with van der Waals surface area (Å²) in [5.74, 6) is 0.692. The molecule has 0 bridgehead atoms. The number of fused-ring (bicyclic) bond motifs is 1. The lowest BCUT2D eigenvalue weighted by Crippen LogP contribution is -2.01. The number of aryl methyl sites for hydroxylation is 1. The van der Waals surface area contributed by atoms with E-state index >= 15 is 0 Å². The van der Waals surface area contributed by atoms with Crippen LogP contribution in [0.15, 0.2) is 53.1 Å². The molecule has 0 saturated carbocycles. The number of nitrogens with one attached hydrogen (secondary N) is 1. The Bertz CT molecular complexity index is 784. The Hall–Kier alpha value is -2.07. The highest BCUT2D eigenvalue weighted by molar-refractivity contribution is 9.10. The van der Waals surface area contributed by atoms with Crippen LogP contribution in [0, 0.1) is 6.92 Å². The molecule has 2 aromatic carbocycles. The second-order valence-electron chi connectivity index (χ2n) is 4.66. The fourth-order valence-corrected chi connectivity index (χ4v) is 2.65. The minimum absolute atomic E-state index is 0.680. The average molecular weight is 328 g/mol. The van der Waals surface area contributed by atoms with Crippen LogP contribution in [-0.4, -0.2) is 4.98 Å². The Morgan fingerprint density at radius 3 is 2.60 bits per heavy atom. The lowest BCUT2D eigenvalue weighted by molar-refractivity contribution is 1.28. The van der Waals surface area contributed by atoms with Gasteiger partial charge in [0, 0.05) is 21.7 Å². The fraction of sp³-hybridized carbons (Fsp3) is 0.0625. The number of aromatic nitrogens is 1. The van der Waals surface area contributed by atoms with Crippen LogP contribution in [0.4, 0.5) is 17.2 Å². The number of nitrogen functional groups attached to an aromatic ring is 1. The van der Waals surface area contributed by atoms with Gasteiger partial charge in [-0.3, -0.25) is 0 Å². The third-order valence-electron chi connectivity index (χ3n) is 3.33. The molecular formula is C16H14BrN3. The highest BCUT2D eigenvalue weighted by Gasteiger charge is 2.07. The molecule has 20 heavy (non-hydrogen) atoms. The number of hydrogen-bond acceptors (Lipinski definition) is 3. The summed E-state index contributed by atoms with van der Waals surface area (Å²) in [4.78, 5) is 4.32. The highest BCUT2D eigenvalue weighted by Crippen LogP contribution is 2.32. The van der Waals surface area contributed by atoms with Crippen molar-refractivity contribution < 1.29 is 0 Å². The first-order valence-electron chi connectivity index (χ1n) is 6.32. The van der Waals surface area contributed by atoms with Crippen molar-refractivity contribution in [3.63, 3.8) is 0 Å². The normalized spacial score (nSPS) is 10.7. The van der Waals surface area contributed by atoms with Gasteiger partial charge in [0.1, 0.15) is 0 Å². The third kappa shape index (κ3) is 2.23. The molecule has 0 atom stereocenters. The predicted octanol–water partition coefficient (Wildman–Crippen LogP) is 4.63. The summed E-state index contributed by atoms with van der Waals surface area (Å²) in [5.41, 5.74) is 8.76. The van der Waals surface area contributed by atoms with Gasteiger partial charge in [0.2, 0.25) is 0 Å². The largest absolute Gasteiger partial charge is 0.396 e. The number of benzene rings is 2. The van der Waals surface area contributed by atoms with E-state index in [1.54, 1.807) is 6.20 Å². The summed E-state index contributed by atoms with van der Waals surface area (Å²) in [6.07, 6.45) is 1.76. The lowest BCUT2D eigenvalue weighted by atomic mass is 10.1. The van der Waals surface area contributed by atoms with E-state index in [9.17, 15) is 0 Å². The number of nitrogens with two attached hydrogens (primary N) is 1. The van der Waals surface area contributed by atoms with Crippen LogP contribution in [0.25, 0.3) is 10.8 Å². The fourth-order valence-electron chi connectivity index (χ4n) is 2.17. The topological polar surface area (TPSA) is 50.9 Å². The van der Waals surface area contributed by atoms with Crippen LogP contribution in [0.2, 0.25) is 0 Å². The maximum absolute atomic E-state index is 6.07. The van der Waals surface area contributed by atoms with E-state index in [4.69, 9.17) is 5.73 Å². The second kappa shape index (κ2) is 5.13. The van der Waals surface area contributed by atoms with Gasteiger partial charge in [-0.15, -0.1) is 0 Å². The van der Waals surface area contributed by atoms with Crippen LogP contribution in [0.3, 0.4) is 0 Å². The summed E-state index contributed by atoms with van der Waals surface area (Å²) < 4.78 is 1.07. The summed E-state index contributed by atoms with van der Waals surface area (Å²) >= 11 is 3.57. The highest BCUT2D eigenvalue weighted by atomic mass is 79.9. The number of hydrogen-bond donors (Lipinski definition) is 2. The summed E-state index contributed by atoms with van der Waals surface area (Å²) in [5, 5.41) is 5.61. The van der Waals surface area contributed by atoms with Crippen LogP contribution < -0.4 is 11.1 Å². The third-order valence-corrected chi connectivity index (χ3v) is 4.02. The Morgan fingerprint density at radius 1 is 1.05 bits per heavy atom. The van der Waals surface area contributed by atoms with E-state index in [-0.39, 0.29) is 0 Å². The summed E-state index contributed by atoms with van der Waals surface area (Å²) in [7, 11) is 0. The smallest absolute Gasteiger partial charge is 0.153 e. The Labute approximate surface area is 126 Å². The van der Waals surface area contributed by atoms with Crippen molar-refractivity contribution in [2.45, 2.75) is 6.92 Å². The van der Waals surface area contributed by atoms with Gasteiger partial charge < -0.3 is 11.1 Å². The van der Waals surface area contributed by atoms with Gasteiger partial charge >= 0.3 is 0 Å². The molecule has 0 radical (unpaired) electrons. The molecule has 3 rings (SSSR count). The minimum Gasteiger partial charge on any atom is -0.396 e. The first kappa shape index (κ1) is 12.9. The number of halogens is 1. The molecule has 0 aliphatic rings. The number of nitrogens with zero attached hydrogens (tertiary/aromatic N) is 1. The number of rotatable bonds is 2. The monoisotopic (exact) mass is 327 g/mol.